The van der Waals surface area contributed by atoms with Crippen LogP contribution >= 0.6 is 0 Å². The molecule has 4 heteroatoms. The zero-order chi connectivity index (χ0) is 13.2. The molecular weight excluding hydrogens is 218 g/mol. The van der Waals surface area contributed by atoms with Crippen LogP contribution in [0.3, 0.4) is 0 Å². The monoisotopic (exact) mass is 241 g/mol. The highest BCUT2D eigenvalue weighted by Crippen LogP contribution is 2.26. The normalized spacial score (nSPS) is 21.2. The quantitative estimate of drug-likeness (QED) is 0.746. The lowest BCUT2D eigenvalue weighted by molar-refractivity contribution is -0.128. The van der Waals surface area contributed by atoms with Gasteiger partial charge < -0.3 is 4.74 Å². The molecule has 4 nitrogen and oxygen atoms in total. The smallest absolute Gasteiger partial charge is 0.417 e. The van der Waals surface area contributed by atoms with E-state index in [0.29, 0.717) is 12.3 Å². The van der Waals surface area contributed by atoms with Crippen LogP contribution in [0.5, 0.6) is 0 Å². The van der Waals surface area contributed by atoms with Crippen molar-refractivity contribution in [1.29, 1.82) is 0 Å². The van der Waals surface area contributed by atoms with Crippen LogP contribution in [-0.2, 0) is 9.53 Å². The van der Waals surface area contributed by atoms with Gasteiger partial charge in [0.25, 0.3) is 0 Å². The average Bonchev–Trinajstić information content (AvgIpc) is 2.42. The second-order valence-electron chi connectivity index (χ2n) is 6.07. The zero-order valence-electron chi connectivity index (χ0n) is 11.4. The molecule has 0 saturated carbocycles. The predicted octanol–water partition coefficient (Wildman–Crippen LogP) is 2.96. The van der Waals surface area contributed by atoms with Gasteiger partial charge in [-0.2, -0.15) is 0 Å². The molecule has 0 radical (unpaired) electrons. The lowest BCUT2D eigenvalue weighted by atomic mass is 10.0. The van der Waals surface area contributed by atoms with Crippen molar-refractivity contribution in [2.24, 2.45) is 5.92 Å². The number of imide groups is 1. The molecule has 1 aliphatic rings. The Hall–Kier alpha value is -1.06. The van der Waals surface area contributed by atoms with Crippen LogP contribution in [-0.4, -0.2) is 28.5 Å². The molecule has 0 aliphatic carbocycles. The van der Waals surface area contributed by atoms with Crippen molar-refractivity contribution >= 4 is 12.0 Å². The molecule has 0 bridgehead atoms. The molecule has 0 spiro atoms. The lowest BCUT2D eigenvalue weighted by Crippen LogP contribution is -2.42. The number of carbonyl (C=O) groups excluding carboxylic acids is 2. The highest BCUT2D eigenvalue weighted by molar-refractivity contribution is 5.94. The summed E-state index contributed by atoms with van der Waals surface area (Å²) in [7, 11) is 0. The minimum atomic E-state index is -0.553. The Kier molecular flexibility index (Phi) is 4.17. The van der Waals surface area contributed by atoms with Gasteiger partial charge in [0.2, 0.25) is 5.91 Å². The van der Waals surface area contributed by atoms with E-state index >= 15 is 0 Å². The van der Waals surface area contributed by atoms with Crippen molar-refractivity contribution < 1.29 is 14.3 Å². The van der Waals surface area contributed by atoms with Crippen LogP contribution in [0.4, 0.5) is 4.79 Å². The van der Waals surface area contributed by atoms with Gasteiger partial charge in [0.1, 0.15) is 5.60 Å². The Morgan fingerprint density at radius 1 is 1.47 bits per heavy atom. The van der Waals surface area contributed by atoms with Crippen LogP contribution in [0.15, 0.2) is 0 Å². The summed E-state index contributed by atoms with van der Waals surface area (Å²) < 4.78 is 5.27. The van der Waals surface area contributed by atoms with Crippen LogP contribution in [0.1, 0.15) is 53.9 Å². The number of hydrogen-bond donors (Lipinski definition) is 0. The van der Waals surface area contributed by atoms with Crippen LogP contribution in [0.25, 0.3) is 0 Å². The molecule has 1 heterocycles. The summed E-state index contributed by atoms with van der Waals surface area (Å²) in [6, 6.07) is 0.0114. The van der Waals surface area contributed by atoms with Gasteiger partial charge in [-0.05, 0) is 39.5 Å². The first-order chi connectivity index (χ1) is 7.70. The topological polar surface area (TPSA) is 46.6 Å². The average molecular weight is 241 g/mol. The molecule has 1 atom stereocenters. The molecule has 0 aromatic carbocycles. The van der Waals surface area contributed by atoms with Gasteiger partial charge in [0.15, 0.2) is 0 Å². The Labute approximate surface area is 103 Å². The standard InChI is InChI=1S/C13H23NO3/c1-9(2)8-10-6-7-11(15)14(10)12(16)17-13(3,4)5/h9-10H,6-8H2,1-5H3/t10-/m0/s1. The summed E-state index contributed by atoms with van der Waals surface area (Å²) in [6.07, 6.45) is 1.57. The summed E-state index contributed by atoms with van der Waals surface area (Å²) in [5.41, 5.74) is -0.553. The highest BCUT2D eigenvalue weighted by atomic mass is 16.6. The van der Waals surface area contributed by atoms with Gasteiger partial charge >= 0.3 is 6.09 Å². The Morgan fingerprint density at radius 2 is 2.06 bits per heavy atom. The summed E-state index contributed by atoms with van der Waals surface area (Å²) in [4.78, 5) is 25.0. The van der Waals surface area contributed by atoms with E-state index in [4.69, 9.17) is 4.74 Å². The number of ether oxygens (including phenoxy) is 1. The molecule has 1 saturated heterocycles. The molecule has 0 unspecified atom stereocenters. The van der Waals surface area contributed by atoms with Crippen molar-refractivity contribution in [1.82, 2.24) is 4.90 Å². The molecule has 0 aromatic heterocycles. The van der Waals surface area contributed by atoms with Crippen LogP contribution in [0.2, 0.25) is 0 Å². The van der Waals surface area contributed by atoms with E-state index in [1.807, 2.05) is 20.8 Å². The van der Waals surface area contributed by atoms with E-state index in [0.717, 1.165) is 12.8 Å². The van der Waals surface area contributed by atoms with Crippen molar-refractivity contribution in [3.05, 3.63) is 0 Å². The van der Waals surface area contributed by atoms with Crippen molar-refractivity contribution in [2.75, 3.05) is 0 Å². The van der Waals surface area contributed by atoms with Gasteiger partial charge in [-0.25, -0.2) is 9.69 Å². The number of carbonyl (C=O) groups is 2. The number of nitrogens with zero attached hydrogens (tertiary/aromatic N) is 1. The fraction of sp³-hybridized carbons (Fsp3) is 0.846. The minimum Gasteiger partial charge on any atom is -0.443 e. The van der Waals surface area contributed by atoms with Gasteiger partial charge in [0, 0.05) is 12.5 Å². The third-order valence-corrected chi connectivity index (χ3v) is 2.66. The molecule has 1 aliphatic heterocycles. The molecule has 2 amide bonds. The third-order valence-electron chi connectivity index (χ3n) is 2.66. The van der Waals surface area contributed by atoms with Crippen LogP contribution < -0.4 is 0 Å². The maximum absolute atomic E-state index is 11.9. The first-order valence-corrected chi connectivity index (χ1v) is 6.25. The summed E-state index contributed by atoms with van der Waals surface area (Å²) in [5, 5.41) is 0. The second-order valence-corrected chi connectivity index (χ2v) is 6.07. The zero-order valence-corrected chi connectivity index (χ0v) is 11.4. The number of likely N-dealkylation sites (tertiary alicyclic amines) is 1. The largest absolute Gasteiger partial charge is 0.443 e. The van der Waals surface area contributed by atoms with E-state index in [9.17, 15) is 9.59 Å². The number of amides is 2. The van der Waals surface area contributed by atoms with Crippen molar-refractivity contribution in [2.45, 2.75) is 65.5 Å². The molecule has 1 rings (SSSR count). The molecule has 1 fully saturated rings. The minimum absolute atomic E-state index is 0.0114. The maximum Gasteiger partial charge on any atom is 0.417 e. The second kappa shape index (κ2) is 5.07. The summed E-state index contributed by atoms with van der Waals surface area (Å²) in [6.45, 7) is 9.61. The third kappa shape index (κ3) is 4.02. The van der Waals surface area contributed by atoms with E-state index in [2.05, 4.69) is 13.8 Å². The van der Waals surface area contributed by atoms with E-state index in [1.54, 1.807) is 0 Å². The molecular formula is C13H23NO3. The first-order valence-electron chi connectivity index (χ1n) is 6.25. The van der Waals surface area contributed by atoms with Gasteiger partial charge in [-0.15, -0.1) is 0 Å². The number of rotatable bonds is 2. The molecule has 17 heavy (non-hydrogen) atoms. The Morgan fingerprint density at radius 3 is 2.53 bits per heavy atom. The summed E-state index contributed by atoms with van der Waals surface area (Å²) in [5.74, 6) is 0.362. The van der Waals surface area contributed by atoms with Gasteiger partial charge in [-0.1, -0.05) is 13.8 Å². The SMILES string of the molecule is CC(C)C[C@@H]1CCC(=O)N1C(=O)OC(C)(C)C. The van der Waals surface area contributed by atoms with Gasteiger partial charge in [0.05, 0.1) is 0 Å². The molecule has 0 aromatic rings. The highest BCUT2D eigenvalue weighted by Gasteiger charge is 2.38. The van der Waals surface area contributed by atoms with Crippen molar-refractivity contribution in [3.63, 3.8) is 0 Å². The van der Waals surface area contributed by atoms with Gasteiger partial charge in [-0.3, -0.25) is 4.79 Å². The fourth-order valence-electron chi connectivity index (χ4n) is 2.07. The van der Waals surface area contributed by atoms with E-state index in [1.165, 1.54) is 4.90 Å². The Bertz CT molecular complexity index is 304. The van der Waals surface area contributed by atoms with E-state index in [-0.39, 0.29) is 11.9 Å². The van der Waals surface area contributed by atoms with E-state index < -0.39 is 11.7 Å². The molecule has 0 N–H and O–H groups in total. The van der Waals surface area contributed by atoms with Crippen LogP contribution in [0, 0.1) is 5.92 Å². The summed E-state index contributed by atoms with van der Waals surface area (Å²) >= 11 is 0. The lowest BCUT2D eigenvalue weighted by Gasteiger charge is -2.28. The molecule has 98 valence electrons. The van der Waals surface area contributed by atoms with Crippen molar-refractivity contribution in [3.8, 4) is 0 Å². The maximum atomic E-state index is 11.9. The number of hydrogen-bond acceptors (Lipinski definition) is 3. The predicted molar refractivity (Wildman–Crippen MR) is 65.6 cm³/mol. The Balaban J connectivity index is 2.71. The first kappa shape index (κ1) is 14.0. The fourth-order valence-corrected chi connectivity index (χ4v) is 2.07.